The zero-order chi connectivity index (χ0) is 14.0. The zero-order valence-electron chi connectivity index (χ0n) is 10.7. The van der Waals surface area contributed by atoms with Gasteiger partial charge in [0.1, 0.15) is 0 Å². The van der Waals surface area contributed by atoms with Gasteiger partial charge in [-0.2, -0.15) is 0 Å². The molecule has 0 unspecified atom stereocenters. The maximum atomic E-state index is 12.6. The lowest BCUT2D eigenvalue weighted by Gasteiger charge is -2.20. The molecule has 2 bridgehead atoms. The lowest BCUT2D eigenvalue weighted by Crippen LogP contribution is -2.34. The van der Waals surface area contributed by atoms with Gasteiger partial charge in [0.05, 0.1) is 29.7 Å². The smallest absolute Gasteiger partial charge is 0.240 e. The van der Waals surface area contributed by atoms with Crippen molar-refractivity contribution in [3.8, 4) is 0 Å². The number of ether oxygens (including phenoxy) is 1. The van der Waals surface area contributed by atoms with Crippen molar-refractivity contribution < 1.29 is 14.3 Å². The molecule has 2 fully saturated rings. The first-order chi connectivity index (χ1) is 9.59. The number of carbonyl (C=O) groups excluding carboxylic acids is 2. The first-order valence-corrected chi connectivity index (χ1v) is 6.94. The number of amides is 2. The van der Waals surface area contributed by atoms with E-state index >= 15 is 0 Å². The average Bonchev–Trinajstić information content (AvgIpc) is 3.09. The monoisotopic (exact) mass is 289 g/mol. The van der Waals surface area contributed by atoms with Gasteiger partial charge in [-0.05, 0) is 24.6 Å². The zero-order valence-corrected chi connectivity index (χ0v) is 11.5. The molecule has 0 spiro atoms. The maximum absolute atomic E-state index is 12.6. The molecular formula is C15H12ClNO3. The fourth-order valence-electron chi connectivity index (χ4n) is 3.38. The molecule has 0 aliphatic carbocycles. The predicted molar refractivity (Wildman–Crippen MR) is 73.5 cm³/mol. The second kappa shape index (κ2) is 3.93. The molecule has 102 valence electrons. The number of nitrogens with zero attached hydrogens (tertiary/aromatic N) is 1. The van der Waals surface area contributed by atoms with Gasteiger partial charge in [0.25, 0.3) is 0 Å². The normalized spacial score (nSPS) is 34.2. The van der Waals surface area contributed by atoms with Crippen molar-refractivity contribution in [3.05, 3.63) is 40.9 Å². The Morgan fingerprint density at radius 2 is 1.70 bits per heavy atom. The van der Waals surface area contributed by atoms with E-state index < -0.39 is 0 Å². The van der Waals surface area contributed by atoms with E-state index in [2.05, 4.69) is 0 Å². The molecule has 5 heteroatoms. The van der Waals surface area contributed by atoms with Crippen LogP contribution in [-0.2, 0) is 14.3 Å². The molecule has 0 N–H and O–H groups in total. The summed E-state index contributed by atoms with van der Waals surface area (Å²) in [5, 5.41) is 0.553. The highest BCUT2D eigenvalue weighted by Gasteiger charge is 2.61. The number of fused-ring (bicyclic) bond motifs is 5. The third-order valence-corrected chi connectivity index (χ3v) is 4.80. The quantitative estimate of drug-likeness (QED) is 0.587. The van der Waals surface area contributed by atoms with Gasteiger partial charge in [0.2, 0.25) is 11.8 Å². The molecule has 20 heavy (non-hydrogen) atoms. The fourth-order valence-corrected chi connectivity index (χ4v) is 3.55. The predicted octanol–water partition coefficient (Wildman–Crippen LogP) is 2.09. The third kappa shape index (κ3) is 1.35. The molecule has 3 aliphatic heterocycles. The molecule has 1 aromatic carbocycles. The summed E-state index contributed by atoms with van der Waals surface area (Å²) in [6.07, 6.45) is 3.24. The van der Waals surface area contributed by atoms with E-state index in [-0.39, 0.29) is 35.9 Å². The van der Waals surface area contributed by atoms with Gasteiger partial charge in [-0.3, -0.25) is 9.59 Å². The van der Waals surface area contributed by atoms with Crippen molar-refractivity contribution in [2.24, 2.45) is 11.8 Å². The first-order valence-electron chi connectivity index (χ1n) is 6.56. The third-order valence-electron chi connectivity index (χ3n) is 4.39. The first kappa shape index (κ1) is 12.1. The minimum absolute atomic E-state index is 0.179. The summed E-state index contributed by atoms with van der Waals surface area (Å²) in [5.74, 6) is -1.11. The molecule has 0 saturated carbocycles. The van der Waals surface area contributed by atoms with Gasteiger partial charge < -0.3 is 4.74 Å². The highest BCUT2D eigenvalue weighted by molar-refractivity contribution is 6.32. The van der Waals surface area contributed by atoms with Crippen LogP contribution in [0.1, 0.15) is 5.56 Å². The maximum Gasteiger partial charge on any atom is 0.240 e. The van der Waals surface area contributed by atoms with Crippen LogP contribution < -0.4 is 4.90 Å². The Labute approximate surface area is 121 Å². The molecule has 4 rings (SSSR count). The van der Waals surface area contributed by atoms with Crippen LogP contribution in [0.15, 0.2) is 30.4 Å². The summed E-state index contributed by atoms with van der Waals surface area (Å²) in [7, 11) is 0. The van der Waals surface area contributed by atoms with Gasteiger partial charge in [0.15, 0.2) is 0 Å². The van der Waals surface area contributed by atoms with Crippen LogP contribution in [0.25, 0.3) is 0 Å². The van der Waals surface area contributed by atoms with Crippen molar-refractivity contribution in [2.45, 2.75) is 19.1 Å². The Hall–Kier alpha value is -1.65. The molecule has 0 radical (unpaired) electrons. The number of hydrogen-bond acceptors (Lipinski definition) is 3. The lowest BCUT2D eigenvalue weighted by atomic mass is 9.85. The van der Waals surface area contributed by atoms with E-state index in [1.807, 2.05) is 19.1 Å². The van der Waals surface area contributed by atoms with E-state index in [0.29, 0.717) is 10.7 Å². The highest BCUT2D eigenvalue weighted by Crippen LogP contribution is 2.47. The Bertz CT molecular complexity index is 639. The highest BCUT2D eigenvalue weighted by atomic mass is 35.5. The minimum Gasteiger partial charge on any atom is -0.365 e. The largest absolute Gasteiger partial charge is 0.365 e. The molecule has 4 atom stereocenters. The summed E-state index contributed by atoms with van der Waals surface area (Å²) >= 11 is 6.09. The van der Waals surface area contributed by atoms with Gasteiger partial charge in [-0.15, -0.1) is 0 Å². The second-order valence-corrected chi connectivity index (χ2v) is 5.80. The van der Waals surface area contributed by atoms with E-state index in [4.69, 9.17) is 16.3 Å². The van der Waals surface area contributed by atoms with Crippen LogP contribution in [0.5, 0.6) is 0 Å². The summed E-state index contributed by atoms with van der Waals surface area (Å²) in [4.78, 5) is 26.5. The summed E-state index contributed by atoms with van der Waals surface area (Å²) in [5.41, 5.74) is 1.33. The van der Waals surface area contributed by atoms with Crippen LogP contribution in [0.3, 0.4) is 0 Å². The van der Waals surface area contributed by atoms with Crippen molar-refractivity contribution >= 4 is 29.1 Å². The molecule has 3 heterocycles. The van der Waals surface area contributed by atoms with Crippen molar-refractivity contribution in [1.29, 1.82) is 0 Å². The van der Waals surface area contributed by atoms with Crippen LogP contribution >= 0.6 is 11.6 Å². The topological polar surface area (TPSA) is 46.6 Å². The van der Waals surface area contributed by atoms with E-state index in [1.165, 1.54) is 4.90 Å². The van der Waals surface area contributed by atoms with E-state index in [9.17, 15) is 9.59 Å². The number of hydrogen-bond donors (Lipinski definition) is 0. The molecule has 2 amide bonds. The van der Waals surface area contributed by atoms with Crippen molar-refractivity contribution in [3.63, 3.8) is 0 Å². The minimum atomic E-state index is -0.379. The number of anilines is 1. The number of halogens is 1. The molecule has 0 aromatic heterocycles. The molecule has 4 nitrogen and oxygen atoms in total. The fraction of sp³-hybridized carbons (Fsp3) is 0.333. The van der Waals surface area contributed by atoms with Crippen molar-refractivity contribution in [1.82, 2.24) is 0 Å². The van der Waals surface area contributed by atoms with Crippen LogP contribution in [-0.4, -0.2) is 24.0 Å². The summed E-state index contributed by atoms with van der Waals surface area (Å²) < 4.78 is 5.61. The molecule has 2 saturated heterocycles. The van der Waals surface area contributed by atoms with E-state index in [0.717, 1.165) is 5.56 Å². The van der Waals surface area contributed by atoms with Gasteiger partial charge in [-0.1, -0.05) is 29.8 Å². The lowest BCUT2D eigenvalue weighted by molar-refractivity contribution is -0.124. The van der Waals surface area contributed by atoms with Crippen LogP contribution in [0.2, 0.25) is 5.02 Å². The summed E-state index contributed by atoms with van der Waals surface area (Å²) in [6.45, 7) is 1.82. The Kier molecular flexibility index (Phi) is 2.38. The second-order valence-electron chi connectivity index (χ2n) is 5.40. The molecule has 1 aromatic rings. The Balaban J connectivity index is 1.80. The Morgan fingerprint density at radius 3 is 2.30 bits per heavy atom. The van der Waals surface area contributed by atoms with Crippen molar-refractivity contribution in [2.75, 3.05) is 4.90 Å². The number of rotatable bonds is 1. The standard InChI is InChI=1S/C15H12ClNO3/c1-7-8(16)3-2-4-9(7)17-14(18)12-10-5-6-11(20-10)13(12)15(17)19/h2-6,10-13H,1H3/t10-,11+,12+,13-. The molecule has 3 aliphatic rings. The van der Waals surface area contributed by atoms with Gasteiger partial charge >= 0.3 is 0 Å². The van der Waals surface area contributed by atoms with Gasteiger partial charge in [0, 0.05) is 5.02 Å². The molecular weight excluding hydrogens is 278 g/mol. The number of carbonyl (C=O) groups is 2. The number of benzene rings is 1. The SMILES string of the molecule is Cc1c(Cl)cccc1N1C(=O)[C@@H]2[C@H](C1=O)[C@@H]1C=C[C@H]2O1. The number of imide groups is 1. The van der Waals surface area contributed by atoms with Crippen LogP contribution in [0.4, 0.5) is 5.69 Å². The van der Waals surface area contributed by atoms with E-state index in [1.54, 1.807) is 18.2 Å². The average molecular weight is 290 g/mol. The Morgan fingerprint density at radius 1 is 1.10 bits per heavy atom. The summed E-state index contributed by atoms with van der Waals surface area (Å²) in [6, 6.07) is 5.26. The van der Waals surface area contributed by atoms with Crippen LogP contribution in [0, 0.1) is 18.8 Å². The van der Waals surface area contributed by atoms with Gasteiger partial charge in [-0.25, -0.2) is 4.90 Å².